The van der Waals surface area contributed by atoms with E-state index in [1.807, 2.05) is 0 Å². The first-order chi connectivity index (χ1) is 12.5. The van der Waals surface area contributed by atoms with Gasteiger partial charge in [0.15, 0.2) is 5.16 Å². The molecule has 0 radical (unpaired) electrons. The van der Waals surface area contributed by atoms with Crippen LogP contribution in [0.1, 0.15) is 0 Å². The number of benzene rings is 2. The molecule has 1 amide bonds. The average Bonchev–Trinajstić information content (AvgIpc) is 2.60. The van der Waals surface area contributed by atoms with Crippen LogP contribution in [0.5, 0.6) is 5.75 Å². The van der Waals surface area contributed by atoms with Gasteiger partial charge in [0.2, 0.25) is 5.91 Å². The third kappa shape index (κ3) is 3.83. The normalized spacial score (nSPS) is 11.0. The smallest absolute Gasteiger partial charge is 0.387 e. The van der Waals surface area contributed by atoms with Crippen molar-refractivity contribution in [2.45, 2.75) is 11.8 Å². The van der Waals surface area contributed by atoms with Crippen LogP contribution in [0.25, 0.3) is 16.6 Å². The van der Waals surface area contributed by atoms with Gasteiger partial charge in [-0.1, -0.05) is 23.9 Å². The number of hydrogen-bond acceptors (Lipinski definition) is 5. The number of alkyl halides is 2. The maximum absolute atomic E-state index is 12.9. The molecule has 26 heavy (non-hydrogen) atoms. The fourth-order valence-electron chi connectivity index (χ4n) is 2.35. The van der Waals surface area contributed by atoms with Gasteiger partial charge in [-0.2, -0.15) is 8.78 Å². The number of aromatic nitrogens is 2. The zero-order chi connectivity index (χ0) is 18.7. The van der Waals surface area contributed by atoms with Crippen molar-refractivity contribution in [3.63, 3.8) is 0 Å². The highest BCUT2D eigenvalue weighted by atomic mass is 32.2. The molecule has 0 aliphatic carbocycles. The molecule has 3 aromatic rings. The van der Waals surface area contributed by atoms with Crippen LogP contribution in [0, 0.1) is 0 Å². The second kappa shape index (κ2) is 7.52. The maximum atomic E-state index is 12.9. The van der Waals surface area contributed by atoms with Gasteiger partial charge in [-0.25, -0.2) is 4.98 Å². The van der Waals surface area contributed by atoms with Crippen LogP contribution < -0.4 is 16.0 Å². The van der Waals surface area contributed by atoms with E-state index in [1.54, 1.807) is 24.3 Å². The standard InChI is InChI=1S/C17H13F2N3O3S/c18-16(19)25-11-7-5-10(6-8-11)22-15(24)12-3-1-2-4-13(12)21-17(22)26-9-14(20)23/h1-8,16H,9H2,(H2,20,23). The summed E-state index contributed by atoms with van der Waals surface area (Å²) in [4.78, 5) is 28.4. The van der Waals surface area contributed by atoms with Crippen LogP contribution in [-0.4, -0.2) is 27.8 Å². The summed E-state index contributed by atoms with van der Waals surface area (Å²) in [5.41, 5.74) is 5.73. The highest BCUT2D eigenvalue weighted by Gasteiger charge is 2.14. The Hall–Kier alpha value is -2.94. The van der Waals surface area contributed by atoms with Gasteiger partial charge in [0.05, 0.1) is 22.3 Å². The van der Waals surface area contributed by atoms with E-state index in [4.69, 9.17) is 5.73 Å². The van der Waals surface area contributed by atoms with Gasteiger partial charge in [0.25, 0.3) is 5.56 Å². The predicted octanol–water partition coefficient (Wildman–Crippen LogP) is 2.56. The lowest BCUT2D eigenvalue weighted by molar-refractivity contribution is -0.115. The second-order valence-corrected chi connectivity index (χ2v) is 6.12. The first kappa shape index (κ1) is 17.9. The van der Waals surface area contributed by atoms with Crippen molar-refractivity contribution in [3.8, 4) is 11.4 Å². The minimum atomic E-state index is -2.94. The molecule has 9 heteroatoms. The van der Waals surface area contributed by atoms with E-state index in [0.717, 1.165) is 11.8 Å². The zero-order valence-corrected chi connectivity index (χ0v) is 14.1. The molecular formula is C17H13F2N3O3S. The molecule has 0 atom stereocenters. The van der Waals surface area contributed by atoms with Crippen molar-refractivity contribution in [1.82, 2.24) is 9.55 Å². The number of halogens is 2. The Morgan fingerprint density at radius 2 is 1.88 bits per heavy atom. The number of rotatable bonds is 6. The molecule has 0 spiro atoms. The molecule has 2 N–H and O–H groups in total. The lowest BCUT2D eigenvalue weighted by Gasteiger charge is -2.13. The van der Waals surface area contributed by atoms with Crippen molar-refractivity contribution in [2.75, 3.05) is 5.75 Å². The first-order valence-corrected chi connectivity index (χ1v) is 8.42. The number of carbonyl (C=O) groups is 1. The summed E-state index contributed by atoms with van der Waals surface area (Å²) in [5.74, 6) is -0.640. The van der Waals surface area contributed by atoms with Crippen molar-refractivity contribution < 1.29 is 18.3 Å². The van der Waals surface area contributed by atoms with Crippen molar-refractivity contribution in [1.29, 1.82) is 0 Å². The molecule has 1 aromatic heterocycles. The van der Waals surface area contributed by atoms with Gasteiger partial charge in [-0.15, -0.1) is 0 Å². The van der Waals surface area contributed by atoms with Crippen molar-refractivity contribution in [3.05, 3.63) is 58.9 Å². The van der Waals surface area contributed by atoms with E-state index in [9.17, 15) is 18.4 Å². The second-order valence-electron chi connectivity index (χ2n) is 5.18. The molecule has 134 valence electrons. The van der Waals surface area contributed by atoms with E-state index >= 15 is 0 Å². The van der Waals surface area contributed by atoms with E-state index in [-0.39, 0.29) is 22.2 Å². The van der Waals surface area contributed by atoms with Crippen LogP contribution in [0.15, 0.2) is 58.5 Å². The van der Waals surface area contributed by atoms with E-state index in [0.29, 0.717) is 16.6 Å². The Kier molecular flexibility index (Phi) is 5.17. The van der Waals surface area contributed by atoms with Gasteiger partial charge in [-0.3, -0.25) is 14.2 Å². The summed E-state index contributed by atoms with van der Waals surface area (Å²) in [5, 5.41) is 0.666. The van der Waals surface area contributed by atoms with Crippen LogP contribution in [-0.2, 0) is 4.79 Å². The summed E-state index contributed by atoms with van der Waals surface area (Å²) in [6, 6.07) is 12.4. The number of para-hydroxylation sites is 1. The van der Waals surface area contributed by atoms with Gasteiger partial charge in [0.1, 0.15) is 5.75 Å². The van der Waals surface area contributed by atoms with Gasteiger partial charge >= 0.3 is 6.61 Å². The molecule has 0 saturated heterocycles. The molecule has 0 aliphatic rings. The van der Waals surface area contributed by atoms with Crippen LogP contribution in [0.3, 0.4) is 0 Å². The van der Waals surface area contributed by atoms with E-state index in [1.165, 1.54) is 28.8 Å². The number of nitrogens with zero attached hydrogens (tertiary/aromatic N) is 2. The van der Waals surface area contributed by atoms with Gasteiger partial charge in [0, 0.05) is 0 Å². The Balaban J connectivity index is 2.12. The molecule has 2 aromatic carbocycles. The monoisotopic (exact) mass is 377 g/mol. The molecular weight excluding hydrogens is 364 g/mol. The minimum Gasteiger partial charge on any atom is -0.435 e. The molecule has 1 heterocycles. The fourth-order valence-corrected chi connectivity index (χ4v) is 3.10. The Labute approximate surface area is 150 Å². The highest BCUT2D eigenvalue weighted by molar-refractivity contribution is 7.99. The largest absolute Gasteiger partial charge is 0.435 e. The number of fused-ring (bicyclic) bond motifs is 1. The molecule has 6 nitrogen and oxygen atoms in total. The van der Waals surface area contributed by atoms with Gasteiger partial charge < -0.3 is 10.5 Å². The molecule has 0 fully saturated rings. The van der Waals surface area contributed by atoms with E-state index in [2.05, 4.69) is 9.72 Å². The fraction of sp³-hybridized carbons (Fsp3) is 0.118. The summed E-state index contributed by atoms with van der Waals surface area (Å²) in [6.45, 7) is -2.94. The lowest BCUT2D eigenvalue weighted by Crippen LogP contribution is -2.23. The number of thioether (sulfide) groups is 1. The number of hydrogen-bond donors (Lipinski definition) is 1. The number of nitrogens with two attached hydrogens (primary N) is 1. The van der Waals surface area contributed by atoms with Crippen LogP contribution in [0.2, 0.25) is 0 Å². The number of amides is 1. The van der Waals surface area contributed by atoms with Crippen molar-refractivity contribution >= 4 is 28.6 Å². The molecule has 0 bridgehead atoms. The highest BCUT2D eigenvalue weighted by Crippen LogP contribution is 2.23. The number of carbonyl (C=O) groups excluding carboxylic acids is 1. The summed E-state index contributed by atoms with van der Waals surface area (Å²) >= 11 is 1.02. The number of primary amides is 1. The summed E-state index contributed by atoms with van der Waals surface area (Å²) in [7, 11) is 0. The third-order valence-electron chi connectivity index (χ3n) is 3.41. The number of ether oxygens (including phenoxy) is 1. The Bertz CT molecular complexity index is 1010. The third-order valence-corrected chi connectivity index (χ3v) is 4.37. The minimum absolute atomic E-state index is 0.0307. The molecule has 0 aliphatic heterocycles. The Morgan fingerprint density at radius 1 is 1.19 bits per heavy atom. The molecule has 3 rings (SSSR count). The maximum Gasteiger partial charge on any atom is 0.387 e. The molecule has 0 unspecified atom stereocenters. The van der Waals surface area contributed by atoms with Gasteiger partial charge in [-0.05, 0) is 36.4 Å². The first-order valence-electron chi connectivity index (χ1n) is 7.44. The summed E-state index contributed by atoms with van der Waals surface area (Å²) in [6.07, 6.45) is 0. The predicted molar refractivity (Wildman–Crippen MR) is 93.9 cm³/mol. The summed E-state index contributed by atoms with van der Waals surface area (Å²) < 4.78 is 30.2. The van der Waals surface area contributed by atoms with Crippen LogP contribution >= 0.6 is 11.8 Å². The van der Waals surface area contributed by atoms with E-state index < -0.39 is 12.5 Å². The quantitative estimate of drug-likeness (QED) is 0.527. The van der Waals surface area contributed by atoms with Crippen molar-refractivity contribution in [2.24, 2.45) is 5.73 Å². The topological polar surface area (TPSA) is 87.2 Å². The SMILES string of the molecule is NC(=O)CSc1nc2ccccc2c(=O)n1-c1ccc(OC(F)F)cc1. The lowest BCUT2D eigenvalue weighted by atomic mass is 10.2. The zero-order valence-electron chi connectivity index (χ0n) is 13.3. The van der Waals surface area contributed by atoms with Crippen LogP contribution in [0.4, 0.5) is 8.78 Å². The Morgan fingerprint density at radius 3 is 2.54 bits per heavy atom. The average molecular weight is 377 g/mol. The molecule has 0 saturated carbocycles.